The van der Waals surface area contributed by atoms with Crippen LogP contribution in [-0.2, 0) is 4.79 Å². The summed E-state index contributed by atoms with van der Waals surface area (Å²) in [6.07, 6.45) is 10.2. The zero-order chi connectivity index (χ0) is 11.5. The van der Waals surface area contributed by atoms with E-state index in [-0.39, 0.29) is 5.91 Å². The van der Waals surface area contributed by atoms with Crippen molar-refractivity contribution >= 4 is 17.7 Å². The smallest absolute Gasteiger partial charge is 0.230 e. The number of carbonyl (C=O) groups is 1. The van der Waals surface area contributed by atoms with Crippen molar-refractivity contribution in [1.29, 1.82) is 0 Å². The molecule has 0 spiro atoms. The largest absolute Gasteiger partial charge is 0.344 e. The van der Waals surface area contributed by atoms with Crippen molar-refractivity contribution in [2.75, 3.05) is 5.75 Å². The lowest BCUT2D eigenvalue weighted by Gasteiger charge is -2.57. The van der Waals surface area contributed by atoms with Gasteiger partial charge in [-0.05, 0) is 68.1 Å². The van der Waals surface area contributed by atoms with Gasteiger partial charge in [-0.15, -0.1) is 11.8 Å². The fraction of sp³-hybridized carbons (Fsp3) is 0.929. The fourth-order valence-electron chi connectivity index (χ4n) is 5.48. The minimum absolute atomic E-state index is 0.254. The van der Waals surface area contributed by atoms with Crippen LogP contribution in [0.15, 0.2) is 0 Å². The summed E-state index contributed by atoms with van der Waals surface area (Å²) >= 11 is 1.84. The highest BCUT2D eigenvalue weighted by molar-refractivity contribution is 8.01. The Kier molecular flexibility index (Phi) is 2.31. The summed E-state index contributed by atoms with van der Waals surface area (Å²) in [7, 11) is 0. The van der Waals surface area contributed by atoms with Gasteiger partial charge >= 0.3 is 0 Å². The Balaban J connectivity index is 1.51. The standard InChI is InChI=1S/C14H21NOS/c16-12-8-17-13(15-12)7-14-4-9-1-10(5-14)3-11(2-9)6-14/h9-11,13H,1-8H2,(H,15,16). The minimum atomic E-state index is 0.254. The van der Waals surface area contributed by atoms with Crippen LogP contribution in [0.3, 0.4) is 0 Å². The van der Waals surface area contributed by atoms with Crippen molar-refractivity contribution in [3.8, 4) is 0 Å². The van der Waals surface area contributed by atoms with E-state index < -0.39 is 0 Å². The summed E-state index contributed by atoms with van der Waals surface area (Å²) in [5.74, 6) is 4.04. The topological polar surface area (TPSA) is 29.1 Å². The molecule has 17 heavy (non-hydrogen) atoms. The fourth-order valence-corrected chi connectivity index (χ4v) is 6.60. The van der Waals surface area contributed by atoms with Crippen molar-refractivity contribution in [1.82, 2.24) is 5.32 Å². The van der Waals surface area contributed by atoms with E-state index in [0.717, 1.165) is 17.8 Å². The van der Waals surface area contributed by atoms with E-state index in [4.69, 9.17) is 0 Å². The molecule has 5 fully saturated rings. The zero-order valence-electron chi connectivity index (χ0n) is 10.3. The first-order valence-corrected chi connectivity index (χ1v) is 8.17. The molecule has 1 saturated heterocycles. The number of amides is 1. The number of nitrogens with one attached hydrogen (secondary N) is 1. The van der Waals surface area contributed by atoms with Gasteiger partial charge in [0.05, 0.1) is 11.1 Å². The molecule has 1 N–H and O–H groups in total. The number of thioether (sulfide) groups is 1. The molecule has 1 unspecified atom stereocenters. The monoisotopic (exact) mass is 251 g/mol. The molecule has 4 saturated carbocycles. The van der Waals surface area contributed by atoms with E-state index in [1.54, 1.807) is 0 Å². The first kappa shape index (κ1) is 10.7. The van der Waals surface area contributed by atoms with Crippen molar-refractivity contribution < 1.29 is 4.79 Å². The predicted octanol–water partition coefficient (Wildman–Crippen LogP) is 2.78. The molecule has 0 aromatic carbocycles. The highest BCUT2D eigenvalue weighted by atomic mass is 32.2. The van der Waals surface area contributed by atoms with Crippen LogP contribution in [0.4, 0.5) is 0 Å². The van der Waals surface area contributed by atoms with Gasteiger partial charge in [-0.25, -0.2) is 0 Å². The highest BCUT2D eigenvalue weighted by Crippen LogP contribution is 2.62. The first-order chi connectivity index (χ1) is 8.21. The van der Waals surface area contributed by atoms with Crippen LogP contribution >= 0.6 is 11.8 Å². The molecule has 1 aliphatic heterocycles. The lowest BCUT2D eigenvalue weighted by atomic mass is 9.49. The normalized spacial score (nSPS) is 51.9. The van der Waals surface area contributed by atoms with Gasteiger partial charge in [0.1, 0.15) is 0 Å². The predicted molar refractivity (Wildman–Crippen MR) is 69.6 cm³/mol. The minimum Gasteiger partial charge on any atom is -0.344 e. The Hall–Kier alpha value is -0.180. The molecule has 4 aliphatic carbocycles. The van der Waals surface area contributed by atoms with Crippen molar-refractivity contribution in [3.63, 3.8) is 0 Å². The van der Waals surface area contributed by atoms with Crippen molar-refractivity contribution in [2.24, 2.45) is 23.2 Å². The van der Waals surface area contributed by atoms with Crippen LogP contribution in [0.5, 0.6) is 0 Å². The molecular formula is C14H21NOS. The summed E-state index contributed by atoms with van der Waals surface area (Å²) in [6, 6.07) is 0. The second-order valence-electron chi connectivity index (χ2n) is 6.99. The van der Waals surface area contributed by atoms with Gasteiger partial charge in [0.25, 0.3) is 0 Å². The Morgan fingerprint density at radius 2 is 1.71 bits per heavy atom. The second-order valence-corrected chi connectivity index (χ2v) is 8.18. The van der Waals surface area contributed by atoms with Crippen LogP contribution in [-0.4, -0.2) is 17.0 Å². The average Bonchev–Trinajstić information content (AvgIpc) is 2.60. The molecule has 3 heteroatoms. The maximum Gasteiger partial charge on any atom is 0.230 e. The molecule has 0 aromatic rings. The quantitative estimate of drug-likeness (QED) is 0.817. The maximum atomic E-state index is 11.3. The average molecular weight is 251 g/mol. The summed E-state index contributed by atoms with van der Waals surface area (Å²) in [6.45, 7) is 0. The van der Waals surface area contributed by atoms with Crippen molar-refractivity contribution in [2.45, 2.75) is 50.3 Å². The Morgan fingerprint density at radius 3 is 2.18 bits per heavy atom. The van der Waals surface area contributed by atoms with Gasteiger partial charge in [0.2, 0.25) is 5.91 Å². The van der Waals surface area contributed by atoms with E-state index >= 15 is 0 Å². The molecule has 0 aromatic heterocycles. The summed E-state index contributed by atoms with van der Waals surface area (Å²) < 4.78 is 0. The third kappa shape index (κ3) is 1.81. The third-order valence-electron chi connectivity index (χ3n) is 5.52. The number of rotatable bonds is 2. The zero-order valence-corrected chi connectivity index (χ0v) is 11.1. The molecule has 5 rings (SSSR count). The Bertz CT molecular complexity index is 319. The van der Waals surface area contributed by atoms with Gasteiger partial charge in [0, 0.05) is 0 Å². The number of hydrogen-bond acceptors (Lipinski definition) is 2. The molecule has 1 amide bonds. The summed E-state index contributed by atoms with van der Waals surface area (Å²) in [5, 5.41) is 3.58. The van der Waals surface area contributed by atoms with E-state index in [2.05, 4.69) is 5.32 Å². The highest BCUT2D eigenvalue weighted by Gasteiger charge is 2.51. The Labute approximate surface area is 107 Å². The Morgan fingerprint density at radius 1 is 1.12 bits per heavy atom. The number of carbonyl (C=O) groups excluding carboxylic acids is 1. The first-order valence-electron chi connectivity index (χ1n) is 7.12. The van der Waals surface area contributed by atoms with E-state index in [0.29, 0.717) is 16.5 Å². The van der Waals surface area contributed by atoms with Crippen LogP contribution < -0.4 is 5.32 Å². The second kappa shape index (κ2) is 3.66. The van der Waals surface area contributed by atoms with Crippen LogP contribution in [0, 0.1) is 23.2 Å². The van der Waals surface area contributed by atoms with Gasteiger partial charge in [0.15, 0.2) is 0 Å². The lowest BCUT2D eigenvalue weighted by molar-refractivity contribution is -0.118. The van der Waals surface area contributed by atoms with Crippen LogP contribution in [0.25, 0.3) is 0 Å². The van der Waals surface area contributed by atoms with Crippen LogP contribution in [0.1, 0.15) is 44.9 Å². The molecule has 1 heterocycles. The molecule has 0 radical (unpaired) electrons. The molecule has 94 valence electrons. The van der Waals surface area contributed by atoms with Crippen LogP contribution in [0.2, 0.25) is 0 Å². The maximum absolute atomic E-state index is 11.3. The van der Waals surface area contributed by atoms with Gasteiger partial charge < -0.3 is 5.32 Å². The molecule has 1 atom stereocenters. The van der Waals surface area contributed by atoms with Crippen molar-refractivity contribution in [3.05, 3.63) is 0 Å². The van der Waals surface area contributed by atoms with Gasteiger partial charge in [-0.3, -0.25) is 4.79 Å². The molecule has 4 bridgehead atoms. The van der Waals surface area contributed by atoms with Gasteiger partial charge in [-0.1, -0.05) is 0 Å². The molecule has 2 nitrogen and oxygen atoms in total. The summed E-state index contributed by atoms with van der Waals surface area (Å²) in [5.41, 5.74) is 0.615. The molecule has 5 aliphatic rings. The SMILES string of the molecule is O=C1CSC(CC23CC4CC(CC(C4)C2)C3)N1. The van der Waals surface area contributed by atoms with E-state index in [1.807, 2.05) is 11.8 Å². The third-order valence-corrected chi connectivity index (χ3v) is 6.64. The lowest BCUT2D eigenvalue weighted by Crippen LogP contribution is -2.48. The van der Waals surface area contributed by atoms with E-state index in [1.165, 1.54) is 44.9 Å². The molecular weight excluding hydrogens is 230 g/mol. The van der Waals surface area contributed by atoms with E-state index in [9.17, 15) is 4.79 Å². The van der Waals surface area contributed by atoms with Gasteiger partial charge in [-0.2, -0.15) is 0 Å². The summed E-state index contributed by atoms with van der Waals surface area (Å²) in [4.78, 5) is 11.3. The number of hydrogen-bond donors (Lipinski definition) is 1.